The van der Waals surface area contributed by atoms with Crippen molar-refractivity contribution in [3.05, 3.63) is 64.3 Å². The number of Topliss-reactive ketones (excluding diaryl/α,β-unsaturated/α-hetero) is 1. The van der Waals surface area contributed by atoms with E-state index in [1.54, 1.807) is 6.07 Å². The first-order chi connectivity index (χ1) is 17.4. The van der Waals surface area contributed by atoms with E-state index in [4.69, 9.17) is 4.74 Å². The molecule has 0 saturated heterocycles. The van der Waals surface area contributed by atoms with E-state index in [1.165, 1.54) is 23.8 Å². The zero-order chi connectivity index (χ0) is 27.3. The Bertz CT molecular complexity index is 1200. The Morgan fingerprint density at radius 3 is 2.38 bits per heavy atom. The molecule has 0 spiro atoms. The molecule has 0 amide bonds. The monoisotopic (exact) mass is 510 g/mol. The fourth-order valence-corrected chi connectivity index (χ4v) is 4.45. The fraction of sp³-hybridized carbons (Fsp3) is 0.433. The summed E-state index contributed by atoms with van der Waals surface area (Å²) in [5, 5.41) is 50.6. The molecule has 1 aliphatic heterocycles. The van der Waals surface area contributed by atoms with Gasteiger partial charge in [0.2, 0.25) is 0 Å². The van der Waals surface area contributed by atoms with Crippen LogP contribution in [-0.4, -0.2) is 36.9 Å². The second-order valence-corrected chi connectivity index (χ2v) is 10.6. The van der Waals surface area contributed by atoms with Gasteiger partial charge in [0.1, 0.15) is 28.9 Å². The van der Waals surface area contributed by atoms with Crippen molar-refractivity contribution in [2.45, 2.75) is 84.3 Å². The van der Waals surface area contributed by atoms with Gasteiger partial charge in [-0.05, 0) is 83.9 Å². The van der Waals surface area contributed by atoms with Gasteiger partial charge in [0.05, 0.1) is 12.0 Å². The molecule has 0 radical (unpaired) electrons. The van der Waals surface area contributed by atoms with Gasteiger partial charge in [-0.2, -0.15) is 0 Å². The average Bonchev–Trinajstić information content (AvgIpc) is 2.79. The summed E-state index contributed by atoms with van der Waals surface area (Å²) in [6.07, 6.45) is 8.01. The molecule has 1 heterocycles. The van der Waals surface area contributed by atoms with Crippen LogP contribution in [0.15, 0.2) is 47.6 Å². The van der Waals surface area contributed by atoms with Crippen LogP contribution in [0.3, 0.4) is 0 Å². The number of aliphatic hydroxyl groups is 1. The van der Waals surface area contributed by atoms with Gasteiger partial charge < -0.3 is 30.3 Å². The van der Waals surface area contributed by atoms with Crippen LogP contribution in [0, 0.1) is 0 Å². The number of aromatic hydroxyl groups is 4. The highest BCUT2D eigenvalue weighted by molar-refractivity contribution is 6.03. The molecule has 7 nitrogen and oxygen atoms in total. The lowest BCUT2D eigenvalue weighted by molar-refractivity contribution is 0.0689. The van der Waals surface area contributed by atoms with Crippen LogP contribution >= 0.6 is 0 Å². The van der Waals surface area contributed by atoms with Crippen molar-refractivity contribution in [3.63, 3.8) is 0 Å². The number of hydrogen-bond acceptors (Lipinski definition) is 7. The molecule has 0 aromatic heterocycles. The predicted octanol–water partition coefficient (Wildman–Crippen LogP) is 6.37. The largest absolute Gasteiger partial charge is 0.507 e. The van der Waals surface area contributed by atoms with Gasteiger partial charge in [0.25, 0.3) is 0 Å². The van der Waals surface area contributed by atoms with E-state index < -0.39 is 11.7 Å². The summed E-state index contributed by atoms with van der Waals surface area (Å²) >= 11 is 0. The number of fused-ring (bicyclic) bond motifs is 1. The highest BCUT2D eigenvalue weighted by atomic mass is 16.5. The van der Waals surface area contributed by atoms with Crippen LogP contribution in [-0.2, 0) is 6.42 Å². The van der Waals surface area contributed by atoms with Gasteiger partial charge in [-0.1, -0.05) is 29.4 Å². The Hall–Kier alpha value is -3.45. The number of carbonyl (C=O) groups is 1. The van der Waals surface area contributed by atoms with E-state index in [-0.39, 0.29) is 58.5 Å². The first-order valence-corrected chi connectivity index (χ1v) is 12.7. The Morgan fingerprint density at radius 1 is 1.00 bits per heavy atom. The van der Waals surface area contributed by atoms with Crippen LogP contribution in [0.2, 0.25) is 0 Å². The van der Waals surface area contributed by atoms with E-state index >= 15 is 0 Å². The van der Waals surface area contributed by atoms with Crippen LogP contribution in [0.5, 0.6) is 28.7 Å². The second-order valence-electron chi connectivity index (χ2n) is 10.6. The molecule has 1 aliphatic rings. The van der Waals surface area contributed by atoms with Crippen molar-refractivity contribution < 1.29 is 35.1 Å². The Labute approximate surface area is 218 Å². The predicted molar refractivity (Wildman–Crippen MR) is 142 cm³/mol. The average molecular weight is 511 g/mol. The summed E-state index contributed by atoms with van der Waals surface area (Å²) in [4.78, 5) is 12.9. The van der Waals surface area contributed by atoms with Crippen molar-refractivity contribution in [2.24, 2.45) is 0 Å². The number of benzene rings is 2. The van der Waals surface area contributed by atoms with Crippen LogP contribution in [0.1, 0.15) is 93.8 Å². The highest BCUT2D eigenvalue weighted by Gasteiger charge is 2.32. The third-order valence-electron chi connectivity index (χ3n) is 6.68. The highest BCUT2D eigenvalue weighted by Crippen LogP contribution is 2.45. The van der Waals surface area contributed by atoms with Gasteiger partial charge in [-0.15, -0.1) is 0 Å². The van der Waals surface area contributed by atoms with Crippen LogP contribution in [0.25, 0.3) is 0 Å². The summed E-state index contributed by atoms with van der Waals surface area (Å²) in [6, 6.07) is 5.53. The maximum atomic E-state index is 12.9. The van der Waals surface area contributed by atoms with E-state index in [0.29, 0.717) is 5.56 Å². The number of carbonyl (C=O) groups excluding carboxylic acids is 1. The van der Waals surface area contributed by atoms with Gasteiger partial charge in [-0.25, -0.2) is 0 Å². The molecule has 0 saturated carbocycles. The molecule has 1 unspecified atom stereocenters. The molecule has 0 aliphatic carbocycles. The number of rotatable bonds is 10. The zero-order valence-corrected chi connectivity index (χ0v) is 22.0. The lowest BCUT2D eigenvalue weighted by atomic mass is 9.92. The maximum absolute atomic E-state index is 12.9. The first kappa shape index (κ1) is 28.1. The van der Waals surface area contributed by atoms with Gasteiger partial charge >= 0.3 is 0 Å². The van der Waals surface area contributed by atoms with E-state index in [9.17, 15) is 30.3 Å². The molecule has 2 aromatic rings. The minimum Gasteiger partial charge on any atom is -0.507 e. The quantitative estimate of drug-likeness (QED) is 0.186. The van der Waals surface area contributed by atoms with Crippen molar-refractivity contribution in [2.75, 3.05) is 0 Å². The Kier molecular flexibility index (Phi) is 8.92. The molecule has 2 aromatic carbocycles. The third kappa shape index (κ3) is 7.52. The van der Waals surface area contributed by atoms with Crippen LogP contribution < -0.4 is 4.74 Å². The zero-order valence-electron chi connectivity index (χ0n) is 22.0. The number of phenols is 4. The molecule has 3 rings (SSSR count). The number of hydrogen-bond donors (Lipinski definition) is 5. The summed E-state index contributed by atoms with van der Waals surface area (Å²) in [6.45, 7) is 7.74. The fourth-order valence-electron chi connectivity index (χ4n) is 4.45. The van der Waals surface area contributed by atoms with Gasteiger partial charge in [0.15, 0.2) is 17.3 Å². The van der Waals surface area contributed by atoms with Gasteiger partial charge in [0, 0.05) is 11.6 Å². The lowest BCUT2D eigenvalue weighted by Crippen LogP contribution is -2.21. The smallest absolute Gasteiger partial charge is 0.174 e. The van der Waals surface area contributed by atoms with Crippen LogP contribution in [0.4, 0.5) is 0 Å². The topological polar surface area (TPSA) is 127 Å². The number of phenolic OH excluding ortho intramolecular Hbond substituents is 4. The maximum Gasteiger partial charge on any atom is 0.174 e. The molecule has 0 fully saturated rings. The standard InChI is InChI=1S/C30H38O7/c1-18(9-6-14-30(3,4)36)7-5-8-19(2)10-12-21-23(32)16-27-28(29(21)35)25(34)17-26(37-27)20-11-13-22(31)24(33)15-20/h7,10-11,13,15-16,26,31-33,35-36H,5-6,8-9,12,14,17H2,1-4H3. The summed E-state index contributed by atoms with van der Waals surface area (Å²) in [5.74, 6) is -1.28. The minimum absolute atomic E-state index is 0.0442. The molecule has 5 N–H and O–H groups in total. The minimum atomic E-state index is -0.718. The molecule has 37 heavy (non-hydrogen) atoms. The SMILES string of the molecule is CC(=CCc1c(O)cc2c(c1O)C(=O)CC(c1ccc(O)c(O)c1)O2)CCC=C(C)CCCC(C)(C)O. The molecule has 200 valence electrons. The molecular weight excluding hydrogens is 472 g/mol. The Morgan fingerprint density at radius 2 is 1.70 bits per heavy atom. The molecule has 0 bridgehead atoms. The van der Waals surface area contributed by atoms with E-state index in [2.05, 4.69) is 13.0 Å². The van der Waals surface area contributed by atoms with Crippen molar-refractivity contribution in [3.8, 4) is 28.7 Å². The molecule has 1 atom stereocenters. The van der Waals surface area contributed by atoms with Crippen molar-refractivity contribution in [1.82, 2.24) is 0 Å². The summed E-state index contributed by atoms with van der Waals surface area (Å²) < 4.78 is 5.88. The first-order valence-electron chi connectivity index (χ1n) is 12.7. The summed E-state index contributed by atoms with van der Waals surface area (Å²) in [7, 11) is 0. The number of ketones is 1. The number of ether oxygens (including phenoxy) is 1. The van der Waals surface area contributed by atoms with Gasteiger partial charge in [-0.3, -0.25) is 4.79 Å². The lowest BCUT2D eigenvalue weighted by Gasteiger charge is -2.27. The number of allylic oxidation sites excluding steroid dienone is 4. The Balaban J connectivity index is 1.65. The van der Waals surface area contributed by atoms with E-state index in [0.717, 1.165) is 37.7 Å². The normalized spacial score (nSPS) is 16.5. The molecule has 7 heteroatoms. The summed E-state index contributed by atoms with van der Waals surface area (Å²) in [5.41, 5.74) is 2.57. The van der Waals surface area contributed by atoms with E-state index in [1.807, 2.05) is 26.8 Å². The second kappa shape index (κ2) is 11.7. The molecular formula is C30H38O7. The third-order valence-corrected chi connectivity index (χ3v) is 6.68. The van der Waals surface area contributed by atoms with Crippen molar-refractivity contribution in [1.29, 1.82) is 0 Å². The van der Waals surface area contributed by atoms with Crippen molar-refractivity contribution >= 4 is 5.78 Å².